The molecule has 1 rings (SSSR count). The Labute approximate surface area is 155 Å². The molecule has 1 aromatic carbocycles. The van der Waals surface area contributed by atoms with Crippen LogP contribution in [-0.2, 0) is 4.79 Å². The Balaban J connectivity index is 0.00000576. The summed E-state index contributed by atoms with van der Waals surface area (Å²) in [6, 6.07) is 4.82. The molecule has 0 aliphatic heterocycles. The summed E-state index contributed by atoms with van der Waals surface area (Å²) in [4.78, 5) is 23.8. The number of amides is 2. The van der Waals surface area contributed by atoms with Crippen molar-refractivity contribution in [1.29, 1.82) is 0 Å². The topological polar surface area (TPSA) is 103 Å². The van der Waals surface area contributed by atoms with Gasteiger partial charge in [-0.1, -0.05) is 13.8 Å². The van der Waals surface area contributed by atoms with Gasteiger partial charge in [-0.15, -0.1) is 12.4 Å². The zero-order valence-electron chi connectivity index (χ0n) is 15.2. The Kier molecular flexibility index (Phi) is 9.93. The van der Waals surface area contributed by atoms with E-state index >= 15 is 0 Å². The summed E-state index contributed by atoms with van der Waals surface area (Å²) in [5.41, 5.74) is 5.84. The number of methoxy groups -OCH3 is 1. The maximum atomic E-state index is 12.5. The van der Waals surface area contributed by atoms with Gasteiger partial charge in [0.05, 0.1) is 12.6 Å². The maximum absolute atomic E-state index is 12.5. The van der Waals surface area contributed by atoms with Crippen LogP contribution in [0.25, 0.3) is 0 Å². The highest BCUT2D eigenvalue weighted by Crippen LogP contribution is 2.28. The number of carbonyl (C=O) groups excluding carboxylic acids is 2. The number of hydrogen-bond acceptors (Lipinski definition) is 5. The molecular weight excluding hydrogens is 346 g/mol. The lowest BCUT2D eigenvalue weighted by atomic mass is 9.92. The van der Waals surface area contributed by atoms with Gasteiger partial charge in [-0.25, -0.2) is 0 Å². The lowest BCUT2D eigenvalue weighted by molar-refractivity contribution is -0.122. The van der Waals surface area contributed by atoms with E-state index in [2.05, 4.69) is 10.6 Å². The fraction of sp³-hybridized carbons (Fsp3) is 0.529. The van der Waals surface area contributed by atoms with Gasteiger partial charge in [-0.3, -0.25) is 9.59 Å². The van der Waals surface area contributed by atoms with Crippen molar-refractivity contribution in [2.24, 2.45) is 5.73 Å². The second-order valence-corrected chi connectivity index (χ2v) is 5.47. The van der Waals surface area contributed by atoms with Crippen LogP contribution in [-0.4, -0.2) is 44.7 Å². The highest BCUT2D eigenvalue weighted by Gasteiger charge is 2.27. The van der Waals surface area contributed by atoms with Crippen LogP contribution in [0.1, 0.15) is 37.0 Å². The molecule has 0 heterocycles. The number of nitrogens with two attached hydrogens (primary N) is 1. The fourth-order valence-corrected chi connectivity index (χ4v) is 2.22. The molecule has 0 spiro atoms. The van der Waals surface area contributed by atoms with Crippen LogP contribution < -0.4 is 25.8 Å². The summed E-state index contributed by atoms with van der Waals surface area (Å²) >= 11 is 0. The molecule has 0 radical (unpaired) electrons. The van der Waals surface area contributed by atoms with Gasteiger partial charge in [0.2, 0.25) is 0 Å². The molecule has 0 unspecified atom stereocenters. The molecule has 142 valence electrons. The van der Waals surface area contributed by atoms with Crippen LogP contribution in [0, 0.1) is 0 Å². The summed E-state index contributed by atoms with van der Waals surface area (Å²) in [6.07, 6.45) is 1.49. The van der Waals surface area contributed by atoms with E-state index in [1.807, 2.05) is 13.8 Å². The number of likely N-dealkylation sites (N-methyl/N-ethyl adjacent to an activating group) is 1. The lowest BCUT2D eigenvalue weighted by Crippen LogP contribution is -2.52. The van der Waals surface area contributed by atoms with E-state index in [0.717, 1.165) is 12.8 Å². The van der Waals surface area contributed by atoms with Crippen molar-refractivity contribution in [2.75, 3.05) is 27.3 Å². The average molecular weight is 374 g/mol. The van der Waals surface area contributed by atoms with Crippen LogP contribution in [0.5, 0.6) is 11.5 Å². The van der Waals surface area contributed by atoms with Crippen molar-refractivity contribution < 1.29 is 19.1 Å². The molecule has 8 heteroatoms. The van der Waals surface area contributed by atoms with Crippen LogP contribution in [0.4, 0.5) is 0 Å². The number of halogens is 1. The van der Waals surface area contributed by atoms with E-state index in [-0.39, 0.29) is 30.8 Å². The number of nitrogens with one attached hydrogen (secondary N) is 2. The average Bonchev–Trinajstić information content (AvgIpc) is 2.63. The van der Waals surface area contributed by atoms with Gasteiger partial charge in [-0.05, 0) is 31.0 Å². The monoisotopic (exact) mass is 373 g/mol. The molecule has 0 aliphatic carbocycles. The molecular formula is C17H28ClN3O4. The van der Waals surface area contributed by atoms with Gasteiger partial charge >= 0.3 is 0 Å². The molecule has 0 saturated carbocycles. The van der Waals surface area contributed by atoms with E-state index in [1.54, 1.807) is 18.2 Å². The van der Waals surface area contributed by atoms with Crippen LogP contribution in [0.3, 0.4) is 0 Å². The molecule has 2 amide bonds. The van der Waals surface area contributed by atoms with Crippen molar-refractivity contribution in [3.05, 3.63) is 23.8 Å². The van der Waals surface area contributed by atoms with E-state index in [0.29, 0.717) is 23.6 Å². The minimum absolute atomic E-state index is 0. The van der Waals surface area contributed by atoms with Crippen LogP contribution in [0.2, 0.25) is 0 Å². The van der Waals surface area contributed by atoms with E-state index in [1.165, 1.54) is 14.2 Å². The van der Waals surface area contributed by atoms with Crippen molar-refractivity contribution in [3.63, 3.8) is 0 Å². The normalized spacial score (nSPS) is 10.4. The highest BCUT2D eigenvalue weighted by atomic mass is 35.5. The van der Waals surface area contributed by atoms with Crippen LogP contribution in [0.15, 0.2) is 18.2 Å². The third kappa shape index (κ3) is 6.10. The molecule has 25 heavy (non-hydrogen) atoms. The molecule has 0 aliphatic rings. The Morgan fingerprint density at radius 3 is 2.32 bits per heavy atom. The van der Waals surface area contributed by atoms with Gasteiger partial charge < -0.3 is 25.8 Å². The van der Waals surface area contributed by atoms with E-state index < -0.39 is 5.54 Å². The van der Waals surface area contributed by atoms with Gasteiger partial charge in [-0.2, -0.15) is 0 Å². The van der Waals surface area contributed by atoms with E-state index in [9.17, 15) is 9.59 Å². The molecule has 0 aromatic heterocycles. The predicted octanol–water partition coefficient (Wildman–Crippen LogP) is 1.49. The zero-order chi connectivity index (χ0) is 18.2. The summed E-state index contributed by atoms with van der Waals surface area (Å²) in [6.45, 7) is 4.23. The standard InChI is InChI=1S/C17H27N3O4.ClH/c1-5-17(6-2,11-18)20-16(22)12-7-8-13(14(9-12)23-4)24-10-15(21)19-3;/h7-9H,5-6,10-11,18H2,1-4H3,(H,19,21)(H,20,22);1H. The second kappa shape index (κ2) is 10.8. The summed E-state index contributed by atoms with van der Waals surface area (Å²) in [5.74, 6) is 0.310. The Bertz CT molecular complexity index is 569. The summed E-state index contributed by atoms with van der Waals surface area (Å²) < 4.78 is 10.6. The summed E-state index contributed by atoms with van der Waals surface area (Å²) in [5, 5.41) is 5.47. The minimum atomic E-state index is -0.418. The van der Waals surface area contributed by atoms with Crippen molar-refractivity contribution in [2.45, 2.75) is 32.2 Å². The highest BCUT2D eigenvalue weighted by molar-refractivity contribution is 5.95. The Hall–Kier alpha value is -1.99. The smallest absolute Gasteiger partial charge is 0.257 e. The third-order valence-corrected chi connectivity index (χ3v) is 4.19. The SMILES string of the molecule is CCC(CC)(CN)NC(=O)c1ccc(OCC(=O)NC)c(OC)c1.Cl. The summed E-state index contributed by atoms with van der Waals surface area (Å²) in [7, 11) is 3.01. The first kappa shape index (κ1) is 23.0. The molecule has 0 saturated heterocycles. The number of hydrogen-bond donors (Lipinski definition) is 3. The quantitative estimate of drug-likeness (QED) is 0.608. The van der Waals surface area contributed by atoms with Crippen molar-refractivity contribution in [1.82, 2.24) is 10.6 Å². The molecule has 0 fully saturated rings. The molecule has 1 aromatic rings. The first-order valence-corrected chi connectivity index (χ1v) is 7.99. The zero-order valence-corrected chi connectivity index (χ0v) is 16.0. The van der Waals surface area contributed by atoms with Crippen molar-refractivity contribution in [3.8, 4) is 11.5 Å². The van der Waals surface area contributed by atoms with Crippen LogP contribution >= 0.6 is 12.4 Å². The first-order chi connectivity index (χ1) is 11.4. The first-order valence-electron chi connectivity index (χ1n) is 7.99. The lowest BCUT2D eigenvalue weighted by Gasteiger charge is -2.31. The molecule has 0 atom stereocenters. The maximum Gasteiger partial charge on any atom is 0.257 e. The molecule has 0 bridgehead atoms. The van der Waals surface area contributed by atoms with E-state index in [4.69, 9.17) is 15.2 Å². The number of ether oxygens (including phenoxy) is 2. The number of benzene rings is 1. The number of carbonyl (C=O) groups is 2. The Morgan fingerprint density at radius 1 is 1.20 bits per heavy atom. The van der Waals surface area contributed by atoms with Gasteiger partial charge in [0.25, 0.3) is 11.8 Å². The third-order valence-electron chi connectivity index (χ3n) is 4.19. The predicted molar refractivity (Wildman–Crippen MR) is 99.6 cm³/mol. The number of rotatable bonds is 9. The van der Waals surface area contributed by atoms with Gasteiger partial charge in [0.1, 0.15) is 0 Å². The Morgan fingerprint density at radius 2 is 1.84 bits per heavy atom. The fourth-order valence-electron chi connectivity index (χ4n) is 2.22. The van der Waals surface area contributed by atoms with Gasteiger partial charge in [0, 0.05) is 19.2 Å². The second-order valence-electron chi connectivity index (χ2n) is 5.47. The van der Waals surface area contributed by atoms with Crippen molar-refractivity contribution >= 4 is 24.2 Å². The molecule has 7 nitrogen and oxygen atoms in total. The molecule has 4 N–H and O–H groups in total. The van der Waals surface area contributed by atoms with Gasteiger partial charge in [0.15, 0.2) is 18.1 Å². The minimum Gasteiger partial charge on any atom is -0.493 e. The largest absolute Gasteiger partial charge is 0.493 e.